The molecule has 2 heterocycles. The summed E-state index contributed by atoms with van der Waals surface area (Å²) >= 11 is 0. The van der Waals surface area contributed by atoms with Gasteiger partial charge in [0.25, 0.3) is 5.91 Å². The van der Waals surface area contributed by atoms with Gasteiger partial charge in [-0.3, -0.25) is 9.59 Å². The van der Waals surface area contributed by atoms with Gasteiger partial charge in [0, 0.05) is 6.54 Å². The zero-order chi connectivity index (χ0) is 25.4. The Morgan fingerprint density at radius 2 is 1.78 bits per heavy atom. The highest BCUT2D eigenvalue weighted by Crippen LogP contribution is 2.41. The fraction of sp³-hybridized carbons (Fsp3) is 0.241. The Hall–Kier alpha value is -4.10. The van der Waals surface area contributed by atoms with E-state index in [1.807, 2.05) is 56.3 Å². The van der Waals surface area contributed by atoms with Crippen LogP contribution in [0.15, 0.2) is 69.9 Å². The number of benzene rings is 3. The standard InChI is InChI=1S/C29H27NO6/c1-17-13-18(2)24-23(14-17)36-28-25(27(24)32)26(30(11-12-31)29(28)33)20-9-10-21(22(15-20)34-3)35-16-19-7-5-4-6-8-19/h4-10,13-15,26,31H,11-12,16H2,1-3H3. The molecule has 1 aromatic heterocycles. The predicted molar refractivity (Wildman–Crippen MR) is 136 cm³/mol. The number of aliphatic hydroxyl groups excluding tert-OH is 1. The number of nitrogens with zero attached hydrogens (tertiary/aromatic N) is 1. The summed E-state index contributed by atoms with van der Waals surface area (Å²) in [6.07, 6.45) is 0. The van der Waals surface area contributed by atoms with Crippen molar-refractivity contribution in [2.24, 2.45) is 0 Å². The molecule has 7 heteroatoms. The van der Waals surface area contributed by atoms with Crippen molar-refractivity contribution in [2.45, 2.75) is 26.5 Å². The number of hydrogen-bond donors (Lipinski definition) is 1. The normalized spacial score (nSPS) is 14.8. The zero-order valence-electron chi connectivity index (χ0n) is 20.4. The first-order valence-corrected chi connectivity index (χ1v) is 11.8. The monoisotopic (exact) mass is 485 g/mol. The molecule has 7 nitrogen and oxygen atoms in total. The molecule has 5 rings (SSSR count). The van der Waals surface area contributed by atoms with Gasteiger partial charge in [0.2, 0.25) is 5.76 Å². The largest absolute Gasteiger partial charge is 0.493 e. The molecule has 1 unspecified atom stereocenters. The third kappa shape index (κ3) is 4.01. The predicted octanol–water partition coefficient (Wildman–Crippen LogP) is 4.53. The molecule has 0 saturated heterocycles. The van der Waals surface area contributed by atoms with Gasteiger partial charge >= 0.3 is 0 Å². The van der Waals surface area contributed by atoms with Gasteiger partial charge < -0.3 is 23.9 Å². The molecule has 36 heavy (non-hydrogen) atoms. The van der Waals surface area contributed by atoms with Gasteiger partial charge in [0.1, 0.15) is 12.2 Å². The number of carbonyl (C=O) groups is 1. The summed E-state index contributed by atoms with van der Waals surface area (Å²) in [7, 11) is 1.54. The Balaban J connectivity index is 1.61. The fourth-order valence-corrected chi connectivity index (χ4v) is 4.91. The third-order valence-electron chi connectivity index (χ3n) is 6.49. The van der Waals surface area contributed by atoms with Gasteiger partial charge in [0.15, 0.2) is 16.9 Å². The smallest absolute Gasteiger partial charge is 0.290 e. The first-order valence-electron chi connectivity index (χ1n) is 11.8. The molecule has 184 valence electrons. The van der Waals surface area contributed by atoms with Gasteiger partial charge in [-0.1, -0.05) is 42.5 Å². The number of aryl methyl sites for hydroxylation is 2. The van der Waals surface area contributed by atoms with E-state index >= 15 is 0 Å². The Bertz CT molecular complexity index is 1510. The van der Waals surface area contributed by atoms with E-state index in [1.165, 1.54) is 4.90 Å². The highest BCUT2D eigenvalue weighted by atomic mass is 16.5. The molecule has 1 amide bonds. The maximum Gasteiger partial charge on any atom is 0.290 e. The number of fused-ring (bicyclic) bond motifs is 2. The minimum Gasteiger partial charge on any atom is -0.493 e. The van der Waals surface area contributed by atoms with E-state index in [2.05, 4.69) is 0 Å². The lowest BCUT2D eigenvalue weighted by Crippen LogP contribution is -2.32. The van der Waals surface area contributed by atoms with E-state index in [-0.39, 0.29) is 29.9 Å². The van der Waals surface area contributed by atoms with Crippen LogP contribution in [-0.2, 0) is 6.61 Å². The highest BCUT2D eigenvalue weighted by molar-refractivity contribution is 5.99. The summed E-state index contributed by atoms with van der Waals surface area (Å²) in [4.78, 5) is 28.6. The average Bonchev–Trinajstić information content (AvgIpc) is 3.14. The van der Waals surface area contributed by atoms with E-state index in [9.17, 15) is 14.7 Å². The van der Waals surface area contributed by atoms with Crippen LogP contribution in [0.2, 0.25) is 0 Å². The molecular weight excluding hydrogens is 458 g/mol. The number of amides is 1. The minimum absolute atomic E-state index is 0.0133. The maximum absolute atomic E-state index is 13.8. The van der Waals surface area contributed by atoms with Crippen molar-refractivity contribution in [3.63, 3.8) is 0 Å². The lowest BCUT2D eigenvalue weighted by molar-refractivity contribution is 0.0691. The summed E-state index contributed by atoms with van der Waals surface area (Å²) in [6, 6.07) is 18.1. The topological polar surface area (TPSA) is 89.2 Å². The van der Waals surface area contributed by atoms with Crippen molar-refractivity contribution in [3.05, 3.63) is 104 Å². The lowest BCUT2D eigenvalue weighted by Gasteiger charge is -2.25. The molecule has 0 spiro atoms. The number of methoxy groups -OCH3 is 1. The number of rotatable bonds is 7. The van der Waals surface area contributed by atoms with Crippen molar-refractivity contribution in [2.75, 3.05) is 20.3 Å². The molecule has 0 radical (unpaired) electrons. The van der Waals surface area contributed by atoms with Crippen LogP contribution < -0.4 is 14.9 Å². The van der Waals surface area contributed by atoms with Gasteiger partial charge in [0.05, 0.1) is 30.7 Å². The van der Waals surface area contributed by atoms with Crippen molar-refractivity contribution >= 4 is 16.9 Å². The Morgan fingerprint density at radius 3 is 2.50 bits per heavy atom. The van der Waals surface area contributed by atoms with Crippen LogP contribution >= 0.6 is 0 Å². The Morgan fingerprint density at radius 1 is 1.00 bits per heavy atom. The third-order valence-corrected chi connectivity index (χ3v) is 6.49. The Labute approximate surface area is 208 Å². The number of ether oxygens (including phenoxy) is 2. The lowest BCUT2D eigenvalue weighted by atomic mass is 9.96. The summed E-state index contributed by atoms with van der Waals surface area (Å²) in [5, 5.41) is 10.2. The van der Waals surface area contributed by atoms with E-state index in [4.69, 9.17) is 13.9 Å². The molecule has 0 saturated carbocycles. The van der Waals surface area contributed by atoms with E-state index in [0.29, 0.717) is 34.6 Å². The first kappa shape index (κ1) is 23.6. The molecule has 0 aliphatic carbocycles. The molecule has 0 bridgehead atoms. The summed E-state index contributed by atoms with van der Waals surface area (Å²) in [5.41, 5.74) is 3.82. The van der Waals surface area contributed by atoms with Crippen LogP contribution in [0.4, 0.5) is 0 Å². The number of aliphatic hydroxyl groups is 1. The van der Waals surface area contributed by atoms with E-state index in [0.717, 1.165) is 16.7 Å². The zero-order valence-corrected chi connectivity index (χ0v) is 20.4. The van der Waals surface area contributed by atoms with Crippen molar-refractivity contribution in [1.29, 1.82) is 0 Å². The van der Waals surface area contributed by atoms with Gasteiger partial charge in [-0.05, 0) is 54.3 Å². The summed E-state index contributed by atoms with van der Waals surface area (Å²) < 4.78 is 17.6. The van der Waals surface area contributed by atoms with Crippen LogP contribution in [0.5, 0.6) is 11.5 Å². The molecule has 1 atom stereocenters. The maximum atomic E-state index is 13.8. The highest BCUT2D eigenvalue weighted by Gasteiger charge is 2.42. The van der Waals surface area contributed by atoms with Crippen molar-refractivity contribution < 1.29 is 23.8 Å². The second kappa shape index (κ2) is 9.51. The van der Waals surface area contributed by atoms with Crippen LogP contribution in [-0.4, -0.2) is 36.2 Å². The van der Waals surface area contributed by atoms with Gasteiger partial charge in [-0.2, -0.15) is 0 Å². The van der Waals surface area contributed by atoms with Crippen molar-refractivity contribution in [3.8, 4) is 11.5 Å². The second-order valence-corrected chi connectivity index (χ2v) is 8.94. The van der Waals surface area contributed by atoms with Crippen LogP contribution in [0, 0.1) is 13.8 Å². The van der Waals surface area contributed by atoms with Crippen molar-refractivity contribution in [1.82, 2.24) is 4.90 Å². The molecule has 0 fully saturated rings. The molecule has 1 aliphatic heterocycles. The van der Waals surface area contributed by atoms with E-state index < -0.39 is 11.9 Å². The SMILES string of the molecule is COc1cc(C2c3c(oc4cc(C)cc(C)c4c3=O)C(=O)N2CCO)ccc1OCc1ccccc1. The fourth-order valence-electron chi connectivity index (χ4n) is 4.91. The molecule has 4 aromatic rings. The molecular formula is C29H27NO6. The molecule has 1 aliphatic rings. The minimum atomic E-state index is -0.724. The second-order valence-electron chi connectivity index (χ2n) is 8.94. The quantitative estimate of drug-likeness (QED) is 0.414. The number of β-amino-alcohol motifs (C(OH)–C–C–N with tert-alkyl or cyclic N) is 1. The van der Waals surface area contributed by atoms with Crippen LogP contribution in [0.25, 0.3) is 11.0 Å². The molecule has 3 aromatic carbocycles. The summed E-state index contributed by atoms with van der Waals surface area (Å²) in [6.45, 7) is 3.94. The first-order chi connectivity index (χ1) is 17.4. The Kier molecular flexibility index (Phi) is 6.24. The number of carbonyl (C=O) groups excluding carboxylic acids is 1. The van der Waals surface area contributed by atoms with E-state index in [1.54, 1.807) is 25.3 Å². The van der Waals surface area contributed by atoms with Gasteiger partial charge in [-0.25, -0.2) is 0 Å². The van der Waals surface area contributed by atoms with Crippen LogP contribution in [0.3, 0.4) is 0 Å². The number of hydrogen-bond acceptors (Lipinski definition) is 6. The average molecular weight is 486 g/mol. The molecule has 1 N–H and O–H groups in total. The summed E-state index contributed by atoms with van der Waals surface area (Å²) in [5.74, 6) is 0.607. The van der Waals surface area contributed by atoms with Crippen LogP contribution in [0.1, 0.15) is 44.4 Å². The van der Waals surface area contributed by atoms with Gasteiger partial charge in [-0.15, -0.1) is 0 Å².